The van der Waals surface area contributed by atoms with Crippen LogP contribution in [0.15, 0.2) is 0 Å². The van der Waals surface area contributed by atoms with Gasteiger partial charge in [0.1, 0.15) is 5.60 Å². The number of aliphatic hydroxyl groups is 1. The van der Waals surface area contributed by atoms with Gasteiger partial charge >= 0.3 is 6.09 Å². The molecule has 4 nitrogen and oxygen atoms in total. The lowest BCUT2D eigenvalue weighted by atomic mass is 9.36. The fourth-order valence-corrected chi connectivity index (χ4v) is 9.42. The van der Waals surface area contributed by atoms with Crippen molar-refractivity contribution in [3.8, 4) is 0 Å². The van der Waals surface area contributed by atoms with Gasteiger partial charge in [0.25, 0.3) is 0 Å². The minimum atomic E-state index is -0.478. The van der Waals surface area contributed by atoms with Crippen molar-refractivity contribution < 1.29 is 14.6 Å². The molecule has 2 bridgehead atoms. The van der Waals surface area contributed by atoms with Crippen LogP contribution in [0.1, 0.15) is 86.0 Å². The average Bonchev–Trinajstić information content (AvgIpc) is 2.62. The monoisotopic (exact) mass is 437 g/mol. The maximum atomic E-state index is 12.7. The van der Waals surface area contributed by atoms with Crippen LogP contribution >= 0.6 is 11.8 Å². The van der Waals surface area contributed by atoms with E-state index in [4.69, 9.17) is 4.74 Å². The molecule has 5 aliphatic carbocycles. The Morgan fingerprint density at radius 1 is 1.13 bits per heavy atom. The predicted molar refractivity (Wildman–Crippen MR) is 124 cm³/mol. The van der Waals surface area contributed by atoms with Gasteiger partial charge in [-0.05, 0) is 119 Å². The zero-order valence-corrected chi connectivity index (χ0v) is 20.7. The molecule has 0 saturated heterocycles. The van der Waals surface area contributed by atoms with Crippen molar-refractivity contribution in [2.45, 2.75) is 103 Å². The first-order chi connectivity index (χ1) is 14.0. The molecule has 0 unspecified atom stereocenters. The fraction of sp³-hybridized carbons (Fsp3) is 0.960. The first-order valence-electron chi connectivity index (χ1n) is 12.1. The highest BCUT2D eigenvalue weighted by Crippen LogP contribution is 2.71. The van der Waals surface area contributed by atoms with E-state index in [9.17, 15) is 9.90 Å². The molecule has 1 spiro atoms. The van der Waals surface area contributed by atoms with Crippen LogP contribution in [-0.4, -0.2) is 40.5 Å². The summed E-state index contributed by atoms with van der Waals surface area (Å²) in [6, 6.07) is 0. The maximum absolute atomic E-state index is 12.7. The number of hydrogen-bond donors (Lipinski definition) is 2. The average molecular weight is 438 g/mol. The third-order valence-corrected chi connectivity index (χ3v) is 10.3. The smallest absolute Gasteiger partial charge is 0.408 e. The molecule has 5 aliphatic rings. The number of carbonyl (C=O) groups is 1. The van der Waals surface area contributed by atoms with Gasteiger partial charge in [-0.1, -0.05) is 13.3 Å². The number of rotatable bonds is 3. The highest BCUT2D eigenvalue weighted by atomic mass is 32.2. The van der Waals surface area contributed by atoms with Crippen LogP contribution in [0.4, 0.5) is 4.79 Å². The normalized spacial score (nSPS) is 47.9. The Kier molecular flexibility index (Phi) is 5.75. The van der Waals surface area contributed by atoms with Gasteiger partial charge in [0.05, 0.1) is 6.10 Å². The molecule has 0 radical (unpaired) electrons. The summed E-state index contributed by atoms with van der Waals surface area (Å²) in [5.41, 5.74) is -0.417. The molecule has 0 heterocycles. The van der Waals surface area contributed by atoms with Crippen LogP contribution in [0.3, 0.4) is 0 Å². The summed E-state index contributed by atoms with van der Waals surface area (Å²) in [6.45, 7) is 10.5. The third kappa shape index (κ3) is 3.50. The molecule has 5 saturated carbocycles. The Hall–Kier alpha value is -0.420. The Morgan fingerprint density at radius 3 is 2.50 bits per heavy atom. The number of carbonyl (C=O) groups excluding carboxylic acids is 1. The van der Waals surface area contributed by atoms with Gasteiger partial charge in [-0.2, -0.15) is 11.8 Å². The van der Waals surface area contributed by atoms with Crippen LogP contribution in [0.25, 0.3) is 0 Å². The van der Waals surface area contributed by atoms with Gasteiger partial charge in [-0.3, -0.25) is 0 Å². The lowest BCUT2D eigenvalue weighted by Crippen LogP contribution is -2.69. The molecular weight excluding hydrogens is 394 g/mol. The van der Waals surface area contributed by atoms with E-state index in [1.807, 2.05) is 32.5 Å². The van der Waals surface area contributed by atoms with Crippen LogP contribution in [0.5, 0.6) is 0 Å². The zero-order valence-electron chi connectivity index (χ0n) is 19.9. The Morgan fingerprint density at radius 2 is 1.83 bits per heavy atom. The van der Waals surface area contributed by atoms with Crippen molar-refractivity contribution in [1.82, 2.24) is 5.32 Å². The minimum absolute atomic E-state index is 0.102. The van der Waals surface area contributed by atoms with Crippen molar-refractivity contribution >= 4 is 17.9 Å². The number of fused-ring (bicyclic) bond motifs is 3. The molecule has 0 aromatic carbocycles. The molecular formula is C25H43NO3S. The standard InChI is InChI=1S/C25H43NO3S/c1-22(2,3)29-21(28)26-24(5)11-7-10-23(4)18(24)9-13-25-12-8-16(14-19(23)25)17(15-30-6)20(25)27/h16-20,27H,7-15H2,1-6H3,(H,26,28)/t16-,17-,18-,19-,20+,23+,24+,25-/m0/s1. The summed E-state index contributed by atoms with van der Waals surface area (Å²) in [6.07, 6.45) is 11.1. The summed E-state index contributed by atoms with van der Waals surface area (Å²) >= 11 is 1.90. The molecule has 5 fully saturated rings. The zero-order chi connectivity index (χ0) is 21.9. The van der Waals surface area contributed by atoms with E-state index >= 15 is 0 Å². The molecule has 30 heavy (non-hydrogen) atoms. The van der Waals surface area contributed by atoms with E-state index in [0.717, 1.165) is 31.4 Å². The number of ether oxygens (including phenoxy) is 1. The van der Waals surface area contributed by atoms with Gasteiger partial charge in [0, 0.05) is 5.54 Å². The number of hydrogen-bond acceptors (Lipinski definition) is 4. The van der Waals surface area contributed by atoms with Gasteiger partial charge in [0.2, 0.25) is 0 Å². The number of thioether (sulfide) groups is 1. The molecule has 0 aliphatic heterocycles. The van der Waals surface area contributed by atoms with E-state index < -0.39 is 5.60 Å². The van der Waals surface area contributed by atoms with E-state index in [-0.39, 0.29) is 28.6 Å². The molecule has 5 heteroatoms. The number of amides is 1. The summed E-state index contributed by atoms with van der Waals surface area (Å²) in [5.74, 6) is 3.27. The lowest BCUT2D eigenvalue weighted by Gasteiger charge is -2.70. The lowest BCUT2D eigenvalue weighted by molar-refractivity contribution is -0.233. The highest BCUT2D eigenvalue weighted by Gasteiger charge is 2.67. The largest absolute Gasteiger partial charge is 0.444 e. The van der Waals surface area contributed by atoms with Crippen molar-refractivity contribution in [3.63, 3.8) is 0 Å². The van der Waals surface area contributed by atoms with E-state index in [0.29, 0.717) is 23.7 Å². The van der Waals surface area contributed by atoms with Crippen LogP contribution < -0.4 is 5.32 Å². The SMILES string of the molecule is CSC[C@H]1[C@H]2CC[C@@]3(CC[C@H]4[C@@](C)(CCC[C@@]4(C)NC(=O)OC(C)(C)C)[C@@H]3C2)[C@@H]1O. The molecule has 172 valence electrons. The van der Waals surface area contributed by atoms with Gasteiger partial charge < -0.3 is 15.2 Å². The van der Waals surface area contributed by atoms with Gasteiger partial charge in [-0.15, -0.1) is 0 Å². The van der Waals surface area contributed by atoms with Crippen molar-refractivity contribution in [1.29, 1.82) is 0 Å². The first-order valence-corrected chi connectivity index (χ1v) is 13.5. The second-order valence-electron chi connectivity index (χ2n) is 12.4. The van der Waals surface area contributed by atoms with Crippen LogP contribution in [-0.2, 0) is 4.74 Å². The van der Waals surface area contributed by atoms with Crippen LogP contribution in [0, 0.1) is 34.5 Å². The van der Waals surface area contributed by atoms with Crippen molar-refractivity contribution in [2.24, 2.45) is 34.5 Å². The van der Waals surface area contributed by atoms with Crippen LogP contribution in [0.2, 0.25) is 0 Å². The van der Waals surface area contributed by atoms with E-state index in [1.54, 1.807) is 0 Å². The van der Waals surface area contributed by atoms with Crippen molar-refractivity contribution in [2.75, 3.05) is 12.0 Å². The predicted octanol–water partition coefficient (Wildman–Crippen LogP) is 5.63. The molecule has 8 atom stereocenters. The summed E-state index contributed by atoms with van der Waals surface area (Å²) in [5, 5.41) is 14.9. The summed E-state index contributed by atoms with van der Waals surface area (Å²) in [4.78, 5) is 12.7. The second-order valence-corrected chi connectivity index (χ2v) is 13.3. The number of alkyl carbamates (subject to hydrolysis) is 1. The van der Waals surface area contributed by atoms with Gasteiger partial charge in [-0.25, -0.2) is 4.79 Å². The Balaban J connectivity index is 1.60. The Labute approximate surface area is 187 Å². The van der Waals surface area contributed by atoms with Crippen molar-refractivity contribution in [3.05, 3.63) is 0 Å². The fourth-order valence-electron chi connectivity index (χ4n) is 8.58. The van der Waals surface area contributed by atoms with Gasteiger partial charge in [0.15, 0.2) is 0 Å². The molecule has 2 N–H and O–H groups in total. The summed E-state index contributed by atoms with van der Waals surface area (Å²) < 4.78 is 5.64. The highest BCUT2D eigenvalue weighted by molar-refractivity contribution is 7.98. The molecule has 1 amide bonds. The number of aliphatic hydroxyl groups excluding tert-OH is 1. The topological polar surface area (TPSA) is 58.6 Å². The molecule has 0 aromatic heterocycles. The molecule has 0 aromatic rings. The quantitative estimate of drug-likeness (QED) is 0.601. The molecule has 5 rings (SSSR count). The third-order valence-electron chi connectivity index (χ3n) is 9.63. The van der Waals surface area contributed by atoms with E-state index in [1.165, 1.54) is 25.7 Å². The number of nitrogens with one attached hydrogen (secondary N) is 1. The maximum Gasteiger partial charge on any atom is 0.408 e. The summed E-state index contributed by atoms with van der Waals surface area (Å²) in [7, 11) is 0. The minimum Gasteiger partial charge on any atom is -0.444 e. The first kappa shape index (κ1) is 22.8. The Bertz CT molecular complexity index is 678. The second kappa shape index (κ2) is 7.57. The van der Waals surface area contributed by atoms with E-state index in [2.05, 4.69) is 25.4 Å².